The molecule has 0 radical (unpaired) electrons. The third kappa shape index (κ3) is 3.23. The first kappa shape index (κ1) is 15.1. The number of hydrogen-bond acceptors (Lipinski definition) is 6. The van der Waals surface area contributed by atoms with Crippen LogP contribution >= 0.6 is 11.6 Å². The highest BCUT2D eigenvalue weighted by molar-refractivity contribution is 7.92. The van der Waals surface area contributed by atoms with E-state index in [1.807, 2.05) is 0 Å². The standard InChI is InChI=1S/C10H9ClN4O5S/c1-20-10-12-9(13-14-10)15-21(18,19)7-4-5(8(16)17)2-3-6(7)11/h2-4H,1H3,(H,16,17)(H2,12,13,14,15). The second kappa shape index (κ2) is 5.58. The van der Waals surface area contributed by atoms with E-state index in [1.54, 1.807) is 0 Å². The van der Waals surface area contributed by atoms with E-state index in [1.165, 1.54) is 19.2 Å². The van der Waals surface area contributed by atoms with Crippen molar-refractivity contribution in [1.82, 2.24) is 15.2 Å². The number of carbonyl (C=O) groups is 1. The minimum Gasteiger partial charge on any atom is -0.478 e. The molecule has 0 atom stereocenters. The maximum Gasteiger partial charge on any atom is 0.336 e. The minimum atomic E-state index is -4.13. The lowest BCUT2D eigenvalue weighted by atomic mass is 10.2. The molecule has 11 heteroatoms. The van der Waals surface area contributed by atoms with Gasteiger partial charge in [-0.3, -0.25) is 0 Å². The van der Waals surface area contributed by atoms with E-state index in [0.29, 0.717) is 0 Å². The van der Waals surface area contributed by atoms with Gasteiger partial charge >= 0.3 is 12.0 Å². The number of H-pyrrole nitrogens is 1. The first-order chi connectivity index (χ1) is 9.83. The molecule has 0 amide bonds. The molecule has 0 aliphatic carbocycles. The van der Waals surface area contributed by atoms with Gasteiger partial charge in [-0.05, 0) is 18.2 Å². The Hall–Kier alpha value is -2.33. The van der Waals surface area contributed by atoms with Crippen LogP contribution in [0.4, 0.5) is 5.95 Å². The first-order valence-electron chi connectivity index (χ1n) is 5.35. The van der Waals surface area contributed by atoms with Crippen molar-refractivity contribution >= 4 is 33.5 Å². The fraction of sp³-hybridized carbons (Fsp3) is 0.100. The molecule has 0 aliphatic rings. The maximum atomic E-state index is 12.2. The number of nitrogens with zero attached hydrogens (tertiary/aromatic N) is 2. The number of benzene rings is 1. The van der Waals surface area contributed by atoms with Crippen LogP contribution in [0.5, 0.6) is 6.01 Å². The van der Waals surface area contributed by atoms with Crippen molar-refractivity contribution in [2.45, 2.75) is 4.90 Å². The molecular weight excluding hydrogens is 324 g/mol. The predicted molar refractivity (Wildman–Crippen MR) is 72.2 cm³/mol. The topological polar surface area (TPSA) is 134 Å². The number of hydrogen-bond donors (Lipinski definition) is 3. The second-order valence-corrected chi connectivity index (χ2v) is 5.78. The summed E-state index contributed by atoms with van der Waals surface area (Å²) in [7, 11) is -2.82. The number of ether oxygens (including phenoxy) is 1. The lowest BCUT2D eigenvalue weighted by molar-refractivity contribution is 0.0696. The van der Waals surface area contributed by atoms with Gasteiger partial charge in [0.25, 0.3) is 10.0 Å². The van der Waals surface area contributed by atoms with E-state index in [0.717, 1.165) is 6.07 Å². The summed E-state index contributed by atoms with van der Waals surface area (Å²) in [6.07, 6.45) is 0. The number of aromatic carboxylic acids is 1. The average Bonchev–Trinajstić information content (AvgIpc) is 2.85. The summed E-state index contributed by atoms with van der Waals surface area (Å²) in [5, 5.41) is 14.6. The van der Waals surface area contributed by atoms with Gasteiger partial charge in [0.1, 0.15) is 4.90 Å². The fourth-order valence-corrected chi connectivity index (χ4v) is 2.89. The highest BCUT2D eigenvalue weighted by Gasteiger charge is 2.21. The summed E-state index contributed by atoms with van der Waals surface area (Å²) in [6, 6.07) is 3.26. The van der Waals surface area contributed by atoms with E-state index < -0.39 is 16.0 Å². The Morgan fingerprint density at radius 3 is 2.76 bits per heavy atom. The van der Waals surface area contributed by atoms with Crippen LogP contribution in [0.3, 0.4) is 0 Å². The first-order valence-corrected chi connectivity index (χ1v) is 7.21. The summed E-state index contributed by atoms with van der Waals surface area (Å²) in [5.41, 5.74) is -0.213. The minimum absolute atomic E-state index is 0.0573. The quantitative estimate of drug-likeness (QED) is 0.742. The molecule has 1 aromatic heterocycles. The van der Waals surface area contributed by atoms with E-state index in [4.69, 9.17) is 21.4 Å². The van der Waals surface area contributed by atoms with Crippen molar-refractivity contribution < 1.29 is 23.1 Å². The predicted octanol–water partition coefficient (Wildman–Crippen LogP) is 0.966. The molecule has 1 aromatic carbocycles. The number of carboxylic acids is 1. The fourth-order valence-electron chi connectivity index (χ4n) is 1.41. The SMILES string of the molecule is COc1n[nH]c(NS(=O)(=O)c2cc(C(=O)O)ccc2Cl)n1. The Kier molecular flexibility index (Phi) is 4.00. The van der Waals surface area contributed by atoms with Gasteiger partial charge in [-0.2, -0.15) is 4.98 Å². The largest absolute Gasteiger partial charge is 0.478 e. The molecule has 2 rings (SSSR count). The van der Waals surface area contributed by atoms with Crippen LogP contribution in [0.1, 0.15) is 10.4 Å². The molecule has 2 aromatic rings. The molecule has 3 N–H and O–H groups in total. The molecule has 9 nitrogen and oxygen atoms in total. The Labute approximate surface area is 124 Å². The molecule has 0 spiro atoms. The summed E-state index contributed by atoms with van der Waals surface area (Å²) < 4.78 is 31.1. The Balaban J connectivity index is 2.39. The molecule has 112 valence electrons. The zero-order chi connectivity index (χ0) is 15.6. The van der Waals surface area contributed by atoms with Crippen molar-refractivity contribution in [2.24, 2.45) is 0 Å². The molecule has 21 heavy (non-hydrogen) atoms. The van der Waals surface area contributed by atoms with Crippen LogP contribution in [-0.2, 0) is 10.0 Å². The number of nitrogens with one attached hydrogen (secondary N) is 2. The lowest BCUT2D eigenvalue weighted by Gasteiger charge is -2.07. The molecule has 0 aliphatic heterocycles. The van der Waals surface area contributed by atoms with Gasteiger partial charge in [0.15, 0.2) is 0 Å². The molecule has 0 saturated carbocycles. The summed E-state index contributed by atoms with van der Waals surface area (Å²) in [6.45, 7) is 0. The Bertz CT molecular complexity index is 788. The van der Waals surface area contributed by atoms with Gasteiger partial charge < -0.3 is 9.84 Å². The van der Waals surface area contributed by atoms with E-state index in [-0.39, 0.29) is 27.4 Å². The molecule has 1 heterocycles. The number of carboxylic acid groups (broad SMARTS) is 1. The van der Waals surface area contributed by atoms with Crippen LogP contribution in [0, 0.1) is 0 Å². The van der Waals surface area contributed by atoms with E-state index in [2.05, 4.69) is 19.9 Å². The van der Waals surface area contributed by atoms with Crippen molar-refractivity contribution in [3.8, 4) is 6.01 Å². The van der Waals surface area contributed by atoms with Crippen LogP contribution in [-0.4, -0.2) is 41.8 Å². The average molecular weight is 333 g/mol. The molecule has 0 bridgehead atoms. The van der Waals surface area contributed by atoms with Crippen LogP contribution < -0.4 is 9.46 Å². The third-order valence-electron chi connectivity index (χ3n) is 2.35. The molecule has 0 unspecified atom stereocenters. The highest BCUT2D eigenvalue weighted by atomic mass is 35.5. The number of sulfonamides is 1. The Morgan fingerprint density at radius 2 is 2.19 bits per heavy atom. The van der Waals surface area contributed by atoms with Gasteiger partial charge in [0.05, 0.1) is 17.7 Å². The smallest absolute Gasteiger partial charge is 0.336 e. The number of aromatic amines is 1. The monoisotopic (exact) mass is 332 g/mol. The third-order valence-corrected chi connectivity index (χ3v) is 4.17. The van der Waals surface area contributed by atoms with Gasteiger partial charge in [-0.1, -0.05) is 11.6 Å². The van der Waals surface area contributed by atoms with Crippen LogP contribution in [0.2, 0.25) is 5.02 Å². The van der Waals surface area contributed by atoms with E-state index >= 15 is 0 Å². The Morgan fingerprint density at radius 1 is 1.48 bits per heavy atom. The normalized spacial score (nSPS) is 11.1. The van der Waals surface area contributed by atoms with Crippen molar-refractivity contribution in [1.29, 1.82) is 0 Å². The number of anilines is 1. The molecular formula is C10H9ClN4O5S. The number of rotatable bonds is 5. The van der Waals surface area contributed by atoms with Crippen molar-refractivity contribution in [3.05, 3.63) is 28.8 Å². The van der Waals surface area contributed by atoms with Gasteiger partial charge in [0.2, 0.25) is 5.95 Å². The van der Waals surface area contributed by atoms with Crippen molar-refractivity contribution in [2.75, 3.05) is 11.8 Å². The number of methoxy groups -OCH3 is 1. The van der Waals surface area contributed by atoms with Gasteiger partial charge in [-0.25, -0.2) is 23.0 Å². The van der Waals surface area contributed by atoms with Crippen LogP contribution in [0.15, 0.2) is 23.1 Å². The van der Waals surface area contributed by atoms with Crippen LogP contribution in [0.25, 0.3) is 0 Å². The zero-order valence-electron chi connectivity index (χ0n) is 10.5. The maximum absolute atomic E-state index is 12.2. The van der Waals surface area contributed by atoms with Gasteiger partial charge in [-0.15, -0.1) is 5.10 Å². The highest BCUT2D eigenvalue weighted by Crippen LogP contribution is 2.24. The van der Waals surface area contributed by atoms with E-state index in [9.17, 15) is 13.2 Å². The summed E-state index contributed by atoms with van der Waals surface area (Å²) >= 11 is 5.80. The summed E-state index contributed by atoms with van der Waals surface area (Å²) in [4.78, 5) is 14.2. The molecule has 0 saturated heterocycles. The van der Waals surface area contributed by atoms with Gasteiger partial charge in [0, 0.05) is 0 Å². The second-order valence-electron chi connectivity index (χ2n) is 3.73. The molecule has 0 fully saturated rings. The number of aromatic nitrogens is 3. The zero-order valence-corrected chi connectivity index (χ0v) is 12.1. The van der Waals surface area contributed by atoms with Crippen molar-refractivity contribution in [3.63, 3.8) is 0 Å². The lowest BCUT2D eigenvalue weighted by Crippen LogP contribution is -2.15. The summed E-state index contributed by atoms with van der Waals surface area (Å²) in [5.74, 6) is -1.46. The number of halogens is 1.